The minimum absolute atomic E-state index is 0.0518. The third kappa shape index (κ3) is 3.01. The van der Waals surface area contributed by atoms with Crippen LogP contribution >= 0.6 is 0 Å². The summed E-state index contributed by atoms with van der Waals surface area (Å²) < 4.78 is 13.5. The molecule has 0 aliphatic heterocycles. The lowest BCUT2D eigenvalue weighted by Crippen LogP contribution is -2.37. The maximum absolute atomic E-state index is 13.5. The highest BCUT2D eigenvalue weighted by molar-refractivity contribution is 5.75. The molecule has 1 aromatic rings. The molecule has 0 spiro atoms. The first kappa shape index (κ1) is 12.6. The molecule has 5 heteroatoms. The van der Waals surface area contributed by atoms with Crippen molar-refractivity contribution in [2.75, 3.05) is 20.1 Å². The average Bonchev–Trinajstić information content (AvgIpc) is 2.20. The van der Waals surface area contributed by atoms with Crippen molar-refractivity contribution in [3.8, 4) is 0 Å². The Morgan fingerprint density at radius 2 is 2.12 bits per heavy atom. The third-order valence-corrected chi connectivity index (χ3v) is 2.42. The lowest BCUT2D eigenvalue weighted by atomic mass is 10.1. The van der Waals surface area contributed by atoms with Gasteiger partial charge in [-0.15, -0.1) is 0 Å². The highest BCUT2D eigenvalue weighted by atomic mass is 19.1. The maximum Gasteiger partial charge on any atom is 0.231 e. The van der Waals surface area contributed by atoms with Crippen LogP contribution in [0.5, 0.6) is 0 Å². The Kier molecular flexibility index (Phi) is 4.39. The van der Waals surface area contributed by atoms with Crippen molar-refractivity contribution in [3.63, 3.8) is 0 Å². The SMILES string of the molecule is CN(CC(N)=O)C(CN)c1ccccc1F. The number of nitrogens with two attached hydrogens (primary N) is 2. The fourth-order valence-electron chi connectivity index (χ4n) is 1.65. The van der Waals surface area contributed by atoms with Crippen molar-refractivity contribution < 1.29 is 9.18 Å². The number of primary amides is 1. The first-order valence-electron chi connectivity index (χ1n) is 4.99. The van der Waals surface area contributed by atoms with Crippen LogP contribution in [0.3, 0.4) is 0 Å². The minimum atomic E-state index is -0.461. The summed E-state index contributed by atoms with van der Waals surface area (Å²) in [7, 11) is 1.69. The zero-order valence-corrected chi connectivity index (χ0v) is 9.19. The van der Waals surface area contributed by atoms with Gasteiger partial charge in [-0.05, 0) is 13.1 Å². The smallest absolute Gasteiger partial charge is 0.231 e. The molecule has 0 aromatic heterocycles. The molecule has 1 unspecified atom stereocenters. The van der Waals surface area contributed by atoms with Crippen molar-refractivity contribution in [3.05, 3.63) is 35.6 Å². The Labute approximate surface area is 94.0 Å². The quantitative estimate of drug-likeness (QED) is 0.754. The second-order valence-electron chi connectivity index (χ2n) is 3.65. The number of carbonyl (C=O) groups is 1. The summed E-state index contributed by atoms with van der Waals surface area (Å²) in [6.45, 7) is 0.279. The van der Waals surface area contributed by atoms with E-state index >= 15 is 0 Å². The number of hydrogen-bond donors (Lipinski definition) is 2. The second-order valence-corrected chi connectivity index (χ2v) is 3.65. The van der Waals surface area contributed by atoms with Crippen LogP contribution in [0, 0.1) is 5.82 Å². The van der Waals surface area contributed by atoms with Gasteiger partial charge < -0.3 is 11.5 Å². The maximum atomic E-state index is 13.5. The number of nitrogens with zero attached hydrogens (tertiary/aromatic N) is 1. The Hall–Kier alpha value is -1.46. The van der Waals surface area contributed by atoms with Crippen LogP contribution in [-0.2, 0) is 4.79 Å². The number of halogens is 1. The summed E-state index contributed by atoms with van der Waals surface area (Å²) in [5.74, 6) is -0.786. The molecule has 1 amide bonds. The molecule has 0 saturated heterocycles. The van der Waals surface area contributed by atoms with E-state index in [1.807, 2.05) is 0 Å². The van der Waals surface area contributed by atoms with E-state index in [2.05, 4.69) is 0 Å². The van der Waals surface area contributed by atoms with E-state index in [1.165, 1.54) is 6.07 Å². The van der Waals surface area contributed by atoms with Crippen molar-refractivity contribution in [1.29, 1.82) is 0 Å². The van der Waals surface area contributed by atoms with Gasteiger partial charge in [0.05, 0.1) is 12.6 Å². The molecule has 4 nitrogen and oxygen atoms in total. The molecule has 1 atom stereocenters. The zero-order chi connectivity index (χ0) is 12.1. The summed E-state index contributed by atoms with van der Waals surface area (Å²) >= 11 is 0. The van der Waals surface area contributed by atoms with Crippen LogP contribution in [0.25, 0.3) is 0 Å². The summed E-state index contributed by atoms with van der Waals surface area (Å²) in [6.07, 6.45) is 0. The molecule has 1 aromatic carbocycles. The van der Waals surface area contributed by atoms with Crippen molar-refractivity contribution >= 4 is 5.91 Å². The third-order valence-electron chi connectivity index (χ3n) is 2.42. The standard InChI is InChI=1S/C11H16FN3O/c1-15(7-11(14)16)10(6-13)8-4-2-3-5-9(8)12/h2-5,10H,6-7,13H2,1H3,(H2,14,16). The van der Waals surface area contributed by atoms with E-state index in [0.717, 1.165) is 0 Å². The van der Waals surface area contributed by atoms with Gasteiger partial charge in [0.25, 0.3) is 0 Å². The lowest BCUT2D eigenvalue weighted by molar-refractivity contribution is -0.119. The first-order valence-corrected chi connectivity index (χ1v) is 4.99. The molecule has 0 radical (unpaired) electrons. The van der Waals surface area contributed by atoms with E-state index in [-0.39, 0.29) is 24.9 Å². The Balaban J connectivity index is 2.90. The molecular formula is C11H16FN3O. The number of hydrogen-bond acceptors (Lipinski definition) is 3. The van der Waals surface area contributed by atoms with Gasteiger partial charge in [0.1, 0.15) is 5.82 Å². The van der Waals surface area contributed by atoms with E-state index in [1.54, 1.807) is 30.1 Å². The Bertz CT molecular complexity index is 370. The average molecular weight is 225 g/mol. The van der Waals surface area contributed by atoms with Gasteiger partial charge in [-0.1, -0.05) is 18.2 Å². The lowest BCUT2D eigenvalue weighted by Gasteiger charge is -2.26. The molecule has 16 heavy (non-hydrogen) atoms. The van der Waals surface area contributed by atoms with Gasteiger partial charge >= 0.3 is 0 Å². The van der Waals surface area contributed by atoms with Crippen LogP contribution in [0.4, 0.5) is 4.39 Å². The number of benzene rings is 1. The van der Waals surface area contributed by atoms with Gasteiger partial charge in [-0.3, -0.25) is 9.69 Å². The van der Waals surface area contributed by atoms with Crippen LogP contribution < -0.4 is 11.5 Å². The van der Waals surface area contributed by atoms with Crippen LogP contribution in [0.2, 0.25) is 0 Å². The van der Waals surface area contributed by atoms with Gasteiger partial charge in [-0.2, -0.15) is 0 Å². The van der Waals surface area contributed by atoms with E-state index < -0.39 is 5.91 Å². The van der Waals surface area contributed by atoms with Crippen molar-refractivity contribution in [1.82, 2.24) is 4.90 Å². The summed E-state index contributed by atoms with van der Waals surface area (Å²) in [6, 6.07) is 6.04. The number of carbonyl (C=O) groups excluding carboxylic acids is 1. The number of likely N-dealkylation sites (N-methyl/N-ethyl adjacent to an activating group) is 1. The van der Waals surface area contributed by atoms with Crippen LogP contribution in [0.15, 0.2) is 24.3 Å². The molecule has 0 saturated carbocycles. The van der Waals surface area contributed by atoms with Gasteiger partial charge in [0.15, 0.2) is 0 Å². The molecule has 0 heterocycles. The number of rotatable bonds is 5. The topological polar surface area (TPSA) is 72.3 Å². The molecule has 0 fully saturated rings. The van der Waals surface area contributed by atoms with Gasteiger partial charge in [0.2, 0.25) is 5.91 Å². The molecule has 88 valence electrons. The predicted octanol–water partition coefficient (Wildman–Crippen LogP) is 0.243. The van der Waals surface area contributed by atoms with Gasteiger partial charge in [-0.25, -0.2) is 4.39 Å². The normalized spacial score (nSPS) is 12.8. The van der Waals surface area contributed by atoms with Crippen LogP contribution in [-0.4, -0.2) is 30.9 Å². The van der Waals surface area contributed by atoms with E-state index in [4.69, 9.17) is 11.5 Å². The van der Waals surface area contributed by atoms with E-state index in [9.17, 15) is 9.18 Å². The van der Waals surface area contributed by atoms with Crippen molar-refractivity contribution in [2.45, 2.75) is 6.04 Å². The fraction of sp³-hybridized carbons (Fsp3) is 0.364. The largest absolute Gasteiger partial charge is 0.369 e. The van der Waals surface area contributed by atoms with Gasteiger partial charge in [0, 0.05) is 12.1 Å². The second kappa shape index (κ2) is 5.58. The molecule has 0 aliphatic carbocycles. The van der Waals surface area contributed by atoms with Crippen molar-refractivity contribution in [2.24, 2.45) is 11.5 Å². The molecule has 1 rings (SSSR count). The predicted molar refractivity (Wildman–Crippen MR) is 60.0 cm³/mol. The highest BCUT2D eigenvalue weighted by Crippen LogP contribution is 2.20. The fourth-order valence-corrected chi connectivity index (χ4v) is 1.65. The highest BCUT2D eigenvalue weighted by Gasteiger charge is 2.19. The van der Waals surface area contributed by atoms with E-state index in [0.29, 0.717) is 5.56 Å². The summed E-state index contributed by atoms with van der Waals surface area (Å²) in [5, 5.41) is 0. The Morgan fingerprint density at radius 3 is 2.62 bits per heavy atom. The molecular weight excluding hydrogens is 209 g/mol. The summed E-state index contributed by atoms with van der Waals surface area (Å²) in [5.41, 5.74) is 11.2. The van der Waals surface area contributed by atoms with Crippen LogP contribution in [0.1, 0.15) is 11.6 Å². The molecule has 4 N–H and O–H groups in total. The molecule has 0 bridgehead atoms. The minimum Gasteiger partial charge on any atom is -0.369 e. The zero-order valence-electron chi connectivity index (χ0n) is 9.19. The molecule has 0 aliphatic rings. The Morgan fingerprint density at radius 1 is 1.50 bits per heavy atom. The monoisotopic (exact) mass is 225 g/mol. The first-order chi connectivity index (χ1) is 7.56. The number of amides is 1. The summed E-state index contributed by atoms with van der Waals surface area (Å²) in [4.78, 5) is 12.4.